The number of aliphatic imine (C=N–C) groups is 1. The van der Waals surface area contributed by atoms with Crippen LogP contribution in [0, 0.1) is 6.92 Å². The van der Waals surface area contributed by atoms with Crippen LogP contribution in [0.5, 0.6) is 0 Å². The Hall–Kier alpha value is -2.75. The van der Waals surface area contributed by atoms with Gasteiger partial charge in [-0.1, -0.05) is 35.9 Å². The van der Waals surface area contributed by atoms with E-state index in [9.17, 15) is 0 Å². The Morgan fingerprint density at radius 3 is 2.50 bits per heavy atom. The molecule has 0 radical (unpaired) electrons. The number of hydrogen-bond donors (Lipinski definition) is 0. The molecule has 1 heterocycles. The Balaban J connectivity index is 1.79. The SMILES string of the molecule is Cc1ccc(N=Cc2cnn(-c3ccccc3)n2)cc1. The maximum atomic E-state index is 4.38. The molecule has 0 fully saturated rings. The minimum atomic E-state index is 0.731. The quantitative estimate of drug-likeness (QED) is 0.679. The Kier molecular flexibility index (Phi) is 3.37. The van der Waals surface area contributed by atoms with Gasteiger partial charge in [0.05, 0.1) is 23.8 Å². The van der Waals surface area contributed by atoms with Gasteiger partial charge in [0, 0.05) is 0 Å². The number of benzene rings is 2. The third-order valence-corrected chi connectivity index (χ3v) is 2.88. The smallest absolute Gasteiger partial charge is 0.124 e. The molecule has 0 saturated carbocycles. The first-order valence-electron chi connectivity index (χ1n) is 6.40. The Labute approximate surface area is 117 Å². The van der Waals surface area contributed by atoms with Crippen LogP contribution in [-0.4, -0.2) is 21.2 Å². The number of rotatable bonds is 3. The molecule has 0 unspecified atom stereocenters. The van der Waals surface area contributed by atoms with E-state index in [0.29, 0.717) is 0 Å². The van der Waals surface area contributed by atoms with Crippen molar-refractivity contribution < 1.29 is 0 Å². The summed E-state index contributed by atoms with van der Waals surface area (Å²) in [5, 5.41) is 8.60. The molecule has 3 rings (SSSR count). The van der Waals surface area contributed by atoms with Crippen LogP contribution < -0.4 is 0 Å². The molecule has 0 bridgehead atoms. The fourth-order valence-electron chi connectivity index (χ4n) is 1.79. The van der Waals surface area contributed by atoms with Crippen molar-refractivity contribution in [3.63, 3.8) is 0 Å². The summed E-state index contributed by atoms with van der Waals surface area (Å²) in [6.07, 6.45) is 3.42. The molecule has 3 aromatic rings. The fraction of sp³-hybridized carbons (Fsp3) is 0.0625. The zero-order valence-corrected chi connectivity index (χ0v) is 11.1. The average molecular weight is 262 g/mol. The molecule has 0 N–H and O–H groups in total. The molecule has 0 spiro atoms. The van der Waals surface area contributed by atoms with E-state index in [0.717, 1.165) is 17.1 Å². The molecule has 4 heteroatoms. The maximum absolute atomic E-state index is 4.38. The molecule has 0 aliphatic carbocycles. The molecule has 0 saturated heterocycles. The van der Waals surface area contributed by atoms with E-state index >= 15 is 0 Å². The number of aryl methyl sites for hydroxylation is 1. The zero-order valence-electron chi connectivity index (χ0n) is 11.1. The first-order valence-corrected chi connectivity index (χ1v) is 6.40. The van der Waals surface area contributed by atoms with Gasteiger partial charge in [-0.3, -0.25) is 4.99 Å². The van der Waals surface area contributed by atoms with Crippen molar-refractivity contribution in [2.24, 2.45) is 4.99 Å². The van der Waals surface area contributed by atoms with E-state index in [-0.39, 0.29) is 0 Å². The molecular weight excluding hydrogens is 248 g/mol. The summed E-state index contributed by atoms with van der Waals surface area (Å²) in [5.41, 5.74) is 3.79. The van der Waals surface area contributed by atoms with Crippen molar-refractivity contribution in [2.45, 2.75) is 6.92 Å². The van der Waals surface area contributed by atoms with Crippen molar-refractivity contribution in [1.29, 1.82) is 0 Å². The van der Waals surface area contributed by atoms with Gasteiger partial charge >= 0.3 is 0 Å². The zero-order chi connectivity index (χ0) is 13.8. The first kappa shape index (κ1) is 12.3. The third-order valence-electron chi connectivity index (χ3n) is 2.88. The minimum absolute atomic E-state index is 0.731. The van der Waals surface area contributed by atoms with Crippen LogP contribution in [0.4, 0.5) is 5.69 Å². The second-order valence-corrected chi connectivity index (χ2v) is 4.49. The lowest BCUT2D eigenvalue weighted by Gasteiger charge is -1.96. The van der Waals surface area contributed by atoms with Gasteiger partial charge in [0.2, 0.25) is 0 Å². The number of nitrogens with zero attached hydrogens (tertiary/aromatic N) is 4. The topological polar surface area (TPSA) is 43.1 Å². The summed E-state index contributed by atoms with van der Waals surface area (Å²) in [5.74, 6) is 0. The van der Waals surface area contributed by atoms with Crippen LogP contribution in [0.25, 0.3) is 5.69 Å². The van der Waals surface area contributed by atoms with Gasteiger partial charge in [-0.25, -0.2) is 0 Å². The molecule has 2 aromatic carbocycles. The van der Waals surface area contributed by atoms with Crippen LogP contribution in [-0.2, 0) is 0 Å². The van der Waals surface area contributed by atoms with E-state index < -0.39 is 0 Å². The van der Waals surface area contributed by atoms with Crippen molar-refractivity contribution in [3.8, 4) is 5.69 Å². The molecule has 4 nitrogen and oxygen atoms in total. The molecule has 0 amide bonds. The summed E-state index contributed by atoms with van der Waals surface area (Å²) in [4.78, 5) is 5.98. The Morgan fingerprint density at radius 2 is 1.75 bits per heavy atom. The van der Waals surface area contributed by atoms with Gasteiger partial charge in [-0.2, -0.15) is 9.90 Å². The number of aromatic nitrogens is 3. The second-order valence-electron chi connectivity index (χ2n) is 4.49. The average Bonchev–Trinajstić information content (AvgIpc) is 2.97. The Morgan fingerprint density at radius 1 is 1.00 bits per heavy atom. The highest BCUT2D eigenvalue weighted by Crippen LogP contribution is 2.12. The lowest BCUT2D eigenvalue weighted by Crippen LogP contribution is -1.98. The number of para-hydroxylation sites is 1. The van der Waals surface area contributed by atoms with Crippen LogP contribution in [0.1, 0.15) is 11.3 Å². The highest BCUT2D eigenvalue weighted by atomic mass is 15.5. The summed E-state index contributed by atoms with van der Waals surface area (Å²) < 4.78 is 0. The van der Waals surface area contributed by atoms with E-state index in [1.165, 1.54) is 5.56 Å². The van der Waals surface area contributed by atoms with Crippen molar-refractivity contribution >= 4 is 11.9 Å². The molecule has 98 valence electrons. The molecule has 0 aliphatic heterocycles. The van der Waals surface area contributed by atoms with Crippen LogP contribution in [0.3, 0.4) is 0 Å². The largest absolute Gasteiger partial charge is 0.255 e. The van der Waals surface area contributed by atoms with Gasteiger partial charge < -0.3 is 0 Å². The predicted molar refractivity (Wildman–Crippen MR) is 79.8 cm³/mol. The first-order chi connectivity index (χ1) is 9.81. The lowest BCUT2D eigenvalue weighted by atomic mass is 10.2. The van der Waals surface area contributed by atoms with Crippen molar-refractivity contribution in [3.05, 3.63) is 72.1 Å². The highest BCUT2D eigenvalue weighted by Gasteiger charge is 1.99. The summed E-state index contributed by atoms with van der Waals surface area (Å²) in [6.45, 7) is 2.05. The van der Waals surface area contributed by atoms with Crippen LogP contribution >= 0.6 is 0 Å². The van der Waals surface area contributed by atoms with Gasteiger partial charge in [0.15, 0.2) is 0 Å². The van der Waals surface area contributed by atoms with Gasteiger partial charge in [0.25, 0.3) is 0 Å². The van der Waals surface area contributed by atoms with E-state index in [2.05, 4.69) is 22.1 Å². The van der Waals surface area contributed by atoms with Crippen LogP contribution in [0.2, 0.25) is 0 Å². The molecule has 20 heavy (non-hydrogen) atoms. The van der Waals surface area contributed by atoms with E-state index in [1.54, 1.807) is 17.2 Å². The monoisotopic (exact) mass is 262 g/mol. The van der Waals surface area contributed by atoms with Crippen molar-refractivity contribution in [2.75, 3.05) is 0 Å². The Bertz CT molecular complexity index is 712. The number of hydrogen-bond acceptors (Lipinski definition) is 3. The maximum Gasteiger partial charge on any atom is 0.124 e. The molecule has 1 aromatic heterocycles. The van der Waals surface area contributed by atoms with E-state index in [1.807, 2.05) is 54.6 Å². The molecule has 0 aliphatic rings. The van der Waals surface area contributed by atoms with E-state index in [4.69, 9.17) is 0 Å². The molecule has 0 atom stereocenters. The fourth-order valence-corrected chi connectivity index (χ4v) is 1.79. The van der Waals surface area contributed by atoms with Crippen molar-refractivity contribution in [1.82, 2.24) is 15.0 Å². The highest BCUT2D eigenvalue weighted by molar-refractivity contribution is 5.79. The normalized spacial score (nSPS) is 11.1. The predicted octanol–water partition coefficient (Wildman–Crippen LogP) is 3.33. The van der Waals surface area contributed by atoms with Gasteiger partial charge in [0.1, 0.15) is 5.69 Å². The second kappa shape index (κ2) is 5.48. The van der Waals surface area contributed by atoms with Gasteiger partial charge in [-0.05, 0) is 31.2 Å². The summed E-state index contributed by atoms with van der Waals surface area (Å²) >= 11 is 0. The lowest BCUT2D eigenvalue weighted by molar-refractivity contribution is 0.751. The summed E-state index contributed by atoms with van der Waals surface area (Å²) in [6, 6.07) is 17.8. The molecular formula is C16H14N4. The third kappa shape index (κ3) is 2.80. The minimum Gasteiger partial charge on any atom is -0.255 e. The van der Waals surface area contributed by atoms with Gasteiger partial charge in [-0.15, -0.1) is 5.10 Å². The van der Waals surface area contributed by atoms with Crippen LogP contribution in [0.15, 0.2) is 65.8 Å². The standard InChI is InChI=1S/C16H14N4/c1-13-7-9-14(10-8-13)17-11-15-12-18-20(19-15)16-5-3-2-4-6-16/h2-12H,1H3. The summed E-state index contributed by atoms with van der Waals surface area (Å²) in [7, 11) is 0.